The highest BCUT2D eigenvalue weighted by Crippen LogP contribution is 2.38. The van der Waals surface area contributed by atoms with Crippen molar-refractivity contribution in [1.29, 1.82) is 0 Å². The van der Waals surface area contributed by atoms with E-state index in [0.29, 0.717) is 16.5 Å². The maximum atomic E-state index is 12.9. The molecule has 2 heterocycles. The number of rotatable bonds is 5. The van der Waals surface area contributed by atoms with Crippen molar-refractivity contribution in [3.8, 4) is 27.6 Å². The molecule has 0 radical (unpaired) electrons. The number of nitrogens with zero attached hydrogens (tertiary/aromatic N) is 2. The Bertz CT molecular complexity index is 1450. The molecule has 0 fully saturated rings. The van der Waals surface area contributed by atoms with Gasteiger partial charge in [0.25, 0.3) is 5.91 Å². The van der Waals surface area contributed by atoms with Gasteiger partial charge in [0.2, 0.25) is 5.91 Å². The maximum Gasteiger partial charge on any atom is 0.265 e. The molecule has 0 atom stereocenters. The Labute approximate surface area is 212 Å². The fourth-order valence-corrected chi connectivity index (χ4v) is 5.14. The number of aromatic nitrogens is 1. The largest absolute Gasteiger partial charge is 0.482 e. The maximum absolute atomic E-state index is 12.9. The number of hydrogen-bond donors (Lipinski definition) is 1. The smallest absolute Gasteiger partial charge is 0.265 e. The summed E-state index contributed by atoms with van der Waals surface area (Å²) in [5.74, 6) is -0.00657. The molecule has 8 heteroatoms. The van der Waals surface area contributed by atoms with Crippen LogP contribution < -0.4 is 15.0 Å². The number of ether oxygens (including phenoxy) is 1. The van der Waals surface area contributed by atoms with Gasteiger partial charge in [0.05, 0.1) is 16.4 Å². The number of halogens is 1. The SMILES string of the molecule is Cc1ccc(NC(=O)CN2C(=O)COc3ccc(-c4csc(-c5ccccc5Cl)n4)cc32)c(C)c1. The van der Waals surface area contributed by atoms with E-state index in [4.69, 9.17) is 21.3 Å². The van der Waals surface area contributed by atoms with Crippen LogP contribution in [0.15, 0.2) is 66.0 Å². The van der Waals surface area contributed by atoms with Crippen molar-refractivity contribution in [2.24, 2.45) is 0 Å². The molecule has 0 spiro atoms. The highest BCUT2D eigenvalue weighted by molar-refractivity contribution is 7.13. The third-order valence-electron chi connectivity index (χ3n) is 5.76. The van der Waals surface area contributed by atoms with Crippen LogP contribution in [0.25, 0.3) is 21.8 Å². The summed E-state index contributed by atoms with van der Waals surface area (Å²) in [5, 5.41) is 6.30. The van der Waals surface area contributed by atoms with E-state index in [-0.39, 0.29) is 25.0 Å². The zero-order valence-corrected chi connectivity index (χ0v) is 20.7. The predicted octanol–water partition coefficient (Wildman–Crippen LogP) is 6.11. The molecular weight excluding hydrogens is 482 g/mol. The molecule has 0 aliphatic carbocycles. The monoisotopic (exact) mass is 503 g/mol. The third-order valence-corrected chi connectivity index (χ3v) is 6.97. The average Bonchev–Trinajstić information content (AvgIpc) is 3.33. The van der Waals surface area contributed by atoms with Crippen LogP contribution in [-0.4, -0.2) is 29.9 Å². The molecule has 3 aromatic carbocycles. The average molecular weight is 504 g/mol. The molecular formula is C27H22ClN3O3S. The van der Waals surface area contributed by atoms with E-state index < -0.39 is 0 Å². The molecule has 35 heavy (non-hydrogen) atoms. The standard InChI is InChI=1S/C27H22ClN3O3S/c1-16-7-9-21(17(2)11-16)29-25(32)13-31-23-12-18(8-10-24(23)34-14-26(31)33)22-15-35-27(30-22)19-5-3-4-6-20(19)28/h3-12,15H,13-14H2,1-2H3,(H,29,32). The minimum atomic E-state index is -0.279. The number of carbonyl (C=O) groups is 2. The predicted molar refractivity (Wildman–Crippen MR) is 140 cm³/mol. The van der Waals surface area contributed by atoms with E-state index in [1.807, 2.05) is 73.8 Å². The zero-order valence-electron chi connectivity index (χ0n) is 19.2. The fourth-order valence-electron chi connectivity index (χ4n) is 3.99. The number of amides is 2. The number of aryl methyl sites for hydroxylation is 2. The minimum absolute atomic E-state index is 0.115. The van der Waals surface area contributed by atoms with Crippen LogP contribution >= 0.6 is 22.9 Å². The molecule has 1 N–H and O–H groups in total. The van der Waals surface area contributed by atoms with Crippen LogP contribution in [-0.2, 0) is 9.59 Å². The lowest BCUT2D eigenvalue weighted by Crippen LogP contribution is -2.43. The third kappa shape index (κ3) is 4.78. The zero-order chi connectivity index (χ0) is 24.5. The number of nitrogens with one attached hydrogen (secondary N) is 1. The van der Waals surface area contributed by atoms with Crippen LogP contribution in [0, 0.1) is 13.8 Å². The molecule has 1 aromatic heterocycles. The Morgan fingerprint density at radius 2 is 1.97 bits per heavy atom. The second kappa shape index (κ2) is 9.52. The number of thiazole rings is 1. The molecule has 5 rings (SSSR count). The summed E-state index contributed by atoms with van der Waals surface area (Å²) in [4.78, 5) is 31.8. The number of benzene rings is 3. The molecule has 0 saturated heterocycles. The van der Waals surface area contributed by atoms with Gasteiger partial charge >= 0.3 is 0 Å². The van der Waals surface area contributed by atoms with Crippen molar-refractivity contribution >= 4 is 46.1 Å². The van der Waals surface area contributed by atoms with Gasteiger partial charge in [-0.2, -0.15) is 0 Å². The van der Waals surface area contributed by atoms with Crippen LogP contribution in [0.3, 0.4) is 0 Å². The molecule has 0 unspecified atom stereocenters. The van der Waals surface area contributed by atoms with E-state index in [9.17, 15) is 9.59 Å². The second-order valence-corrected chi connectivity index (χ2v) is 9.60. The lowest BCUT2D eigenvalue weighted by molar-refractivity contribution is -0.123. The van der Waals surface area contributed by atoms with Gasteiger partial charge in [-0.1, -0.05) is 47.5 Å². The topological polar surface area (TPSA) is 71.5 Å². The van der Waals surface area contributed by atoms with Crippen LogP contribution in [0.2, 0.25) is 5.02 Å². The molecule has 176 valence electrons. The summed E-state index contributed by atoms with van der Waals surface area (Å²) in [7, 11) is 0. The minimum Gasteiger partial charge on any atom is -0.482 e. The highest BCUT2D eigenvalue weighted by atomic mass is 35.5. The summed E-state index contributed by atoms with van der Waals surface area (Å²) >= 11 is 7.83. The van der Waals surface area contributed by atoms with Crippen molar-refractivity contribution in [2.75, 3.05) is 23.4 Å². The molecule has 0 saturated carbocycles. The highest BCUT2D eigenvalue weighted by Gasteiger charge is 2.28. The van der Waals surface area contributed by atoms with E-state index in [1.54, 1.807) is 6.07 Å². The summed E-state index contributed by atoms with van der Waals surface area (Å²) in [6.45, 7) is 3.71. The van der Waals surface area contributed by atoms with Crippen LogP contribution in [0.4, 0.5) is 11.4 Å². The van der Waals surface area contributed by atoms with Gasteiger partial charge in [-0.15, -0.1) is 11.3 Å². The van der Waals surface area contributed by atoms with Crippen molar-refractivity contribution in [1.82, 2.24) is 4.98 Å². The van der Waals surface area contributed by atoms with Gasteiger partial charge in [0.1, 0.15) is 17.3 Å². The van der Waals surface area contributed by atoms with Gasteiger partial charge in [-0.25, -0.2) is 4.98 Å². The van der Waals surface area contributed by atoms with Gasteiger partial charge in [0.15, 0.2) is 6.61 Å². The first kappa shape index (κ1) is 23.1. The second-order valence-electron chi connectivity index (χ2n) is 8.34. The summed E-state index contributed by atoms with van der Waals surface area (Å²) in [5.41, 5.74) is 5.79. The van der Waals surface area contributed by atoms with E-state index in [0.717, 1.165) is 38.6 Å². The Morgan fingerprint density at radius 1 is 1.14 bits per heavy atom. The van der Waals surface area contributed by atoms with Gasteiger partial charge in [0, 0.05) is 22.2 Å². The van der Waals surface area contributed by atoms with Gasteiger partial charge in [-0.05, 0) is 49.7 Å². The number of fused-ring (bicyclic) bond motifs is 1. The Morgan fingerprint density at radius 3 is 2.77 bits per heavy atom. The Kier molecular flexibility index (Phi) is 6.28. The molecule has 1 aliphatic heterocycles. The van der Waals surface area contributed by atoms with Gasteiger partial charge in [-0.3, -0.25) is 14.5 Å². The normalized spacial score (nSPS) is 12.8. The van der Waals surface area contributed by atoms with E-state index in [1.165, 1.54) is 16.2 Å². The Balaban J connectivity index is 1.41. The summed E-state index contributed by atoms with van der Waals surface area (Å²) < 4.78 is 5.62. The molecule has 0 bridgehead atoms. The molecule has 2 amide bonds. The number of anilines is 2. The van der Waals surface area contributed by atoms with Crippen molar-refractivity contribution in [3.63, 3.8) is 0 Å². The van der Waals surface area contributed by atoms with Crippen molar-refractivity contribution in [3.05, 3.63) is 82.2 Å². The van der Waals surface area contributed by atoms with Gasteiger partial charge < -0.3 is 10.1 Å². The quantitative estimate of drug-likeness (QED) is 0.356. The van der Waals surface area contributed by atoms with E-state index in [2.05, 4.69) is 5.32 Å². The molecule has 6 nitrogen and oxygen atoms in total. The number of carbonyl (C=O) groups excluding carboxylic acids is 2. The van der Waals surface area contributed by atoms with Crippen LogP contribution in [0.5, 0.6) is 5.75 Å². The first-order valence-electron chi connectivity index (χ1n) is 11.0. The first-order chi connectivity index (χ1) is 16.9. The lowest BCUT2D eigenvalue weighted by Gasteiger charge is -2.29. The summed E-state index contributed by atoms with van der Waals surface area (Å²) in [6, 6.07) is 18.9. The van der Waals surface area contributed by atoms with Crippen LogP contribution in [0.1, 0.15) is 11.1 Å². The first-order valence-corrected chi connectivity index (χ1v) is 12.3. The summed E-state index contributed by atoms with van der Waals surface area (Å²) in [6.07, 6.45) is 0. The molecule has 1 aliphatic rings. The van der Waals surface area contributed by atoms with Crippen molar-refractivity contribution < 1.29 is 14.3 Å². The number of hydrogen-bond acceptors (Lipinski definition) is 5. The lowest BCUT2D eigenvalue weighted by atomic mass is 10.1. The Hall–Kier alpha value is -3.68. The molecule has 4 aromatic rings. The fraction of sp³-hybridized carbons (Fsp3) is 0.148. The van der Waals surface area contributed by atoms with Crippen molar-refractivity contribution in [2.45, 2.75) is 13.8 Å². The van der Waals surface area contributed by atoms with E-state index >= 15 is 0 Å².